The molecule has 1 aromatic carbocycles. The number of amides is 2. The van der Waals surface area contributed by atoms with E-state index in [0.29, 0.717) is 12.3 Å². The Kier molecular flexibility index (Phi) is 5.55. The van der Waals surface area contributed by atoms with Gasteiger partial charge in [0, 0.05) is 17.5 Å². The number of hydrogen-bond donors (Lipinski definition) is 3. The number of phenolic OH excluding ortho intramolecular Hbond substituents is 2. The van der Waals surface area contributed by atoms with Crippen LogP contribution in [0.25, 0.3) is 0 Å². The third-order valence-corrected chi connectivity index (χ3v) is 10.1. The molecule has 8 nitrogen and oxygen atoms in total. The lowest BCUT2D eigenvalue weighted by Crippen LogP contribution is -2.58. The lowest BCUT2D eigenvalue weighted by atomic mass is 9.64. The summed E-state index contributed by atoms with van der Waals surface area (Å²) in [6.45, 7) is 6.50. The monoisotopic (exact) mass is 524 g/mol. The number of carbonyl (C=O) groups is 3. The quantitative estimate of drug-likeness (QED) is 0.401. The molecule has 0 aromatic heterocycles. The molecular weight excluding hydrogens is 493 g/mol. The summed E-state index contributed by atoms with van der Waals surface area (Å²) in [6.07, 6.45) is -2.08. The Morgan fingerprint density at radius 3 is 2.43 bits per heavy atom. The van der Waals surface area contributed by atoms with Crippen LogP contribution in [-0.4, -0.2) is 63.8 Å². The highest BCUT2D eigenvalue weighted by molar-refractivity contribution is 5.99. The maximum atomic E-state index is 13.9. The van der Waals surface area contributed by atoms with E-state index in [9.17, 15) is 37.8 Å². The predicted octanol–water partition coefficient (Wildman–Crippen LogP) is 3.51. The average molecular weight is 525 g/mol. The summed E-state index contributed by atoms with van der Waals surface area (Å²) in [4.78, 5) is 39.6. The summed E-state index contributed by atoms with van der Waals surface area (Å²) in [5, 5.41) is 20.6. The van der Waals surface area contributed by atoms with Gasteiger partial charge in [0.1, 0.15) is 12.1 Å². The number of hydrogen-bond acceptors (Lipinski definition) is 6. The van der Waals surface area contributed by atoms with E-state index in [1.807, 2.05) is 0 Å². The fourth-order valence-corrected chi connectivity index (χ4v) is 8.01. The number of alkyl halides is 3. The van der Waals surface area contributed by atoms with Gasteiger partial charge in [0.2, 0.25) is 6.04 Å². The molecule has 1 spiro atoms. The Labute approximate surface area is 212 Å². The summed E-state index contributed by atoms with van der Waals surface area (Å²) in [6, 6.07) is -1.30. The van der Waals surface area contributed by atoms with Crippen LogP contribution < -0.4 is 5.32 Å². The number of nitrogens with zero attached hydrogens (tertiary/aromatic N) is 1. The lowest BCUT2D eigenvalue weighted by Gasteiger charge is -2.46. The minimum atomic E-state index is -5.13. The van der Waals surface area contributed by atoms with Gasteiger partial charge >= 0.3 is 12.1 Å². The summed E-state index contributed by atoms with van der Waals surface area (Å²) in [5.41, 5.74) is -0.416. The number of phenols is 2. The SMILES string of the molecule is CC1(C)C2(C)CCC3CC(OC(=O)C4CCCN4C(=O)C(NC(=O)c4ccc(O)c(O)c4)C(F)(F)F)C312. The number of rotatable bonds is 5. The standard InChI is InChI=1S/C26H31F3N2O6/c1-23(2)24(3)9-8-14-12-18(25(14,23)24)37-22(36)15-5-4-10-31(15)21(35)19(26(27,28)29)30-20(34)13-6-7-16(32)17(33)11-13/h6-7,11,14-15,18-19,32-33H,4-5,8-10,12H2,1-3H3,(H,30,34). The Hall–Kier alpha value is -2.98. The smallest absolute Gasteiger partial charge is 0.417 e. The van der Waals surface area contributed by atoms with Gasteiger partial charge in [0.05, 0.1) is 0 Å². The molecule has 0 bridgehead atoms. The molecule has 1 aliphatic heterocycles. The number of nitrogens with one attached hydrogen (secondary N) is 1. The highest BCUT2D eigenvalue weighted by Gasteiger charge is 2.91. The van der Waals surface area contributed by atoms with Crippen molar-refractivity contribution in [1.29, 1.82) is 0 Å². The lowest BCUT2D eigenvalue weighted by molar-refractivity contribution is -0.184. The fourth-order valence-electron chi connectivity index (χ4n) is 8.01. The van der Waals surface area contributed by atoms with Crippen molar-refractivity contribution in [2.45, 2.75) is 77.2 Å². The zero-order valence-corrected chi connectivity index (χ0v) is 20.9. The summed E-state index contributed by atoms with van der Waals surface area (Å²) >= 11 is 0. The average Bonchev–Trinajstić information content (AvgIpc) is 3.16. The topological polar surface area (TPSA) is 116 Å². The first-order valence-electron chi connectivity index (χ1n) is 12.6. The van der Waals surface area contributed by atoms with E-state index < -0.39 is 47.5 Å². The molecule has 2 amide bonds. The molecule has 202 valence electrons. The van der Waals surface area contributed by atoms with Gasteiger partial charge in [-0.15, -0.1) is 0 Å². The third kappa shape index (κ3) is 3.38. The first-order chi connectivity index (χ1) is 17.2. The second-order valence-electron chi connectivity index (χ2n) is 11.6. The zero-order chi connectivity index (χ0) is 27.1. The van der Waals surface area contributed by atoms with Crippen LogP contribution in [0.2, 0.25) is 0 Å². The molecule has 3 saturated carbocycles. The van der Waals surface area contributed by atoms with Gasteiger partial charge in [0.25, 0.3) is 11.8 Å². The molecule has 1 aromatic rings. The number of esters is 1. The molecule has 11 heteroatoms. The van der Waals surface area contributed by atoms with Crippen LogP contribution in [-0.2, 0) is 14.3 Å². The molecule has 4 aliphatic rings. The molecule has 3 N–H and O–H groups in total. The van der Waals surface area contributed by atoms with Crippen molar-refractivity contribution in [1.82, 2.24) is 10.2 Å². The van der Waals surface area contributed by atoms with E-state index in [-0.39, 0.29) is 40.9 Å². The van der Waals surface area contributed by atoms with Crippen molar-refractivity contribution in [3.8, 4) is 11.5 Å². The van der Waals surface area contributed by atoms with Gasteiger partial charge in [-0.05, 0) is 67.1 Å². The van der Waals surface area contributed by atoms with E-state index in [1.54, 1.807) is 5.32 Å². The van der Waals surface area contributed by atoms with E-state index >= 15 is 0 Å². The Balaban J connectivity index is 1.30. The molecule has 37 heavy (non-hydrogen) atoms. The highest BCUT2D eigenvalue weighted by Crippen LogP contribution is 2.93. The minimum absolute atomic E-state index is 0.00558. The van der Waals surface area contributed by atoms with Crippen molar-refractivity contribution in [3.05, 3.63) is 23.8 Å². The van der Waals surface area contributed by atoms with Crippen molar-refractivity contribution < 1.29 is 42.5 Å². The molecule has 6 unspecified atom stereocenters. The summed E-state index contributed by atoms with van der Waals surface area (Å²) in [7, 11) is 0. The second-order valence-corrected chi connectivity index (χ2v) is 11.6. The highest BCUT2D eigenvalue weighted by atomic mass is 19.4. The van der Waals surface area contributed by atoms with Crippen LogP contribution >= 0.6 is 0 Å². The maximum absolute atomic E-state index is 13.9. The number of ether oxygens (including phenoxy) is 1. The maximum Gasteiger partial charge on any atom is 0.417 e. The first-order valence-corrected chi connectivity index (χ1v) is 12.6. The first kappa shape index (κ1) is 25.7. The van der Waals surface area contributed by atoms with Gasteiger partial charge in [-0.25, -0.2) is 4.79 Å². The number of carbonyl (C=O) groups excluding carboxylic acids is 3. The Morgan fingerprint density at radius 1 is 1.14 bits per heavy atom. The molecule has 0 radical (unpaired) electrons. The molecular formula is C26H31F3N2O6. The number of likely N-dealkylation sites (tertiary alicyclic amines) is 1. The van der Waals surface area contributed by atoms with Gasteiger partial charge < -0.3 is 25.2 Å². The van der Waals surface area contributed by atoms with Crippen LogP contribution in [0.4, 0.5) is 13.2 Å². The van der Waals surface area contributed by atoms with Crippen molar-refractivity contribution in [2.75, 3.05) is 6.54 Å². The van der Waals surface area contributed by atoms with Gasteiger partial charge in [0.15, 0.2) is 11.5 Å². The van der Waals surface area contributed by atoms with Gasteiger partial charge in [-0.1, -0.05) is 20.8 Å². The minimum Gasteiger partial charge on any atom is -0.504 e. The summed E-state index contributed by atoms with van der Waals surface area (Å²) in [5.74, 6) is -4.18. The van der Waals surface area contributed by atoms with Crippen molar-refractivity contribution in [3.63, 3.8) is 0 Å². The number of halogens is 3. The normalized spacial score (nSPS) is 34.1. The molecule has 3 aliphatic carbocycles. The molecule has 6 atom stereocenters. The fraction of sp³-hybridized carbons (Fsp3) is 0.654. The van der Waals surface area contributed by atoms with E-state index in [2.05, 4.69) is 20.8 Å². The number of aromatic hydroxyl groups is 2. The molecule has 1 heterocycles. The summed E-state index contributed by atoms with van der Waals surface area (Å²) < 4.78 is 47.6. The van der Waals surface area contributed by atoms with Crippen LogP contribution in [0.3, 0.4) is 0 Å². The zero-order valence-electron chi connectivity index (χ0n) is 20.9. The second kappa shape index (κ2) is 8.01. The van der Waals surface area contributed by atoms with E-state index in [1.165, 1.54) is 0 Å². The van der Waals surface area contributed by atoms with Crippen LogP contribution in [0.15, 0.2) is 18.2 Å². The molecule has 5 rings (SSSR count). The van der Waals surface area contributed by atoms with Crippen LogP contribution in [0.5, 0.6) is 11.5 Å². The van der Waals surface area contributed by atoms with E-state index in [0.717, 1.165) is 42.4 Å². The van der Waals surface area contributed by atoms with Gasteiger partial charge in [-0.2, -0.15) is 13.2 Å². The van der Waals surface area contributed by atoms with Crippen LogP contribution in [0.1, 0.15) is 63.2 Å². The van der Waals surface area contributed by atoms with Crippen molar-refractivity contribution in [2.24, 2.45) is 22.2 Å². The predicted molar refractivity (Wildman–Crippen MR) is 123 cm³/mol. The molecule has 1 saturated heterocycles. The Morgan fingerprint density at radius 2 is 1.84 bits per heavy atom. The third-order valence-electron chi connectivity index (χ3n) is 10.1. The van der Waals surface area contributed by atoms with Crippen LogP contribution in [0, 0.1) is 22.2 Å². The number of benzene rings is 1. The molecule has 4 fully saturated rings. The van der Waals surface area contributed by atoms with Gasteiger partial charge in [-0.3, -0.25) is 9.59 Å². The largest absolute Gasteiger partial charge is 0.504 e. The van der Waals surface area contributed by atoms with E-state index in [4.69, 9.17) is 4.74 Å². The van der Waals surface area contributed by atoms with Crippen molar-refractivity contribution >= 4 is 17.8 Å². The Bertz CT molecular complexity index is 1170.